The van der Waals surface area contributed by atoms with Crippen molar-refractivity contribution in [2.75, 3.05) is 20.3 Å². The highest BCUT2D eigenvalue weighted by Crippen LogP contribution is 2.35. The molecule has 1 atom stereocenters. The average Bonchev–Trinajstić information content (AvgIpc) is 2.37. The molecule has 108 valence electrons. The van der Waals surface area contributed by atoms with E-state index in [9.17, 15) is 5.11 Å². The summed E-state index contributed by atoms with van der Waals surface area (Å²) in [7, 11) is 1.77. The average molecular weight is 257 g/mol. The van der Waals surface area contributed by atoms with Gasteiger partial charge in [-0.2, -0.15) is 0 Å². The van der Waals surface area contributed by atoms with Crippen LogP contribution in [0.2, 0.25) is 0 Å². The maximum absolute atomic E-state index is 9.67. The second kappa shape index (κ2) is 6.88. The molecule has 0 aromatic carbocycles. The van der Waals surface area contributed by atoms with Gasteiger partial charge < -0.3 is 15.2 Å². The number of rotatable bonds is 7. The molecule has 0 aliphatic heterocycles. The summed E-state index contributed by atoms with van der Waals surface area (Å²) >= 11 is 0. The van der Waals surface area contributed by atoms with Crippen LogP contribution in [0.5, 0.6) is 0 Å². The van der Waals surface area contributed by atoms with Crippen LogP contribution in [0.3, 0.4) is 0 Å². The Morgan fingerprint density at radius 3 is 2.39 bits per heavy atom. The van der Waals surface area contributed by atoms with E-state index >= 15 is 0 Å². The normalized spacial score (nSPS) is 21.8. The number of aliphatic hydroxyl groups excluding tert-OH is 1. The lowest BCUT2D eigenvalue weighted by atomic mass is 9.74. The van der Waals surface area contributed by atoms with Crippen molar-refractivity contribution in [2.24, 2.45) is 5.41 Å². The first-order valence-corrected chi connectivity index (χ1v) is 7.32. The number of nitrogens with one attached hydrogen (secondary N) is 1. The Bertz CT molecular complexity index is 235. The lowest BCUT2D eigenvalue weighted by molar-refractivity contribution is 0.00582. The van der Waals surface area contributed by atoms with E-state index in [0.717, 1.165) is 25.8 Å². The molecule has 1 rings (SSSR count). The van der Waals surface area contributed by atoms with Crippen LogP contribution >= 0.6 is 0 Å². The molecule has 0 aromatic rings. The van der Waals surface area contributed by atoms with Crippen molar-refractivity contribution >= 4 is 0 Å². The number of aliphatic hydroxyl groups is 1. The molecular weight excluding hydrogens is 226 g/mol. The van der Waals surface area contributed by atoms with Crippen LogP contribution in [-0.2, 0) is 4.74 Å². The zero-order chi connectivity index (χ0) is 13.6. The minimum Gasteiger partial charge on any atom is -0.396 e. The van der Waals surface area contributed by atoms with Crippen molar-refractivity contribution in [1.82, 2.24) is 5.32 Å². The summed E-state index contributed by atoms with van der Waals surface area (Å²) < 4.78 is 5.46. The molecule has 0 heterocycles. The fraction of sp³-hybridized carbons (Fsp3) is 1.00. The van der Waals surface area contributed by atoms with Gasteiger partial charge in [0.1, 0.15) is 0 Å². The number of hydrogen-bond donors (Lipinski definition) is 2. The first kappa shape index (κ1) is 15.9. The van der Waals surface area contributed by atoms with Crippen molar-refractivity contribution in [3.05, 3.63) is 0 Å². The minimum absolute atomic E-state index is 0.0780. The van der Waals surface area contributed by atoms with E-state index < -0.39 is 0 Å². The SMILES string of the molecule is COC(C)(C)CC(C)NCC1(CO)CCCCC1. The summed E-state index contributed by atoms with van der Waals surface area (Å²) in [6.07, 6.45) is 7.17. The van der Waals surface area contributed by atoms with Crippen LogP contribution < -0.4 is 5.32 Å². The van der Waals surface area contributed by atoms with Gasteiger partial charge in [-0.15, -0.1) is 0 Å². The van der Waals surface area contributed by atoms with Crippen molar-refractivity contribution in [1.29, 1.82) is 0 Å². The molecule has 2 N–H and O–H groups in total. The predicted octanol–water partition coefficient (Wildman–Crippen LogP) is 2.72. The Labute approximate surface area is 112 Å². The van der Waals surface area contributed by atoms with Crippen molar-refractivity contribution in [2.45, 2.75) is 70.9 Å². The number of methoxy groups -OCH3 is 1. The quantitative estimate of drug-likeness (QED) is 0.737. The van der Waals surface area contributed by atoms with E-state index in [1.165, 1.54) is 19.3 Å². The highest BCUT2D eigenvalue weighted by molar-refractivity contribution is 4.86. The van der Waals surface area contributed by atoms with Crippen LogP contribution in [0.25, 0.3) is 0 Å². The van der Waals surface area contributed by atoms with Crippen LogP contribution in [0.15, 0.2) is 0 Å². The minimum atomic E-state index is -0.0780. The van der Waals surface area contributed by atoms with Crippen LogP contribution in [0, 0.1) is 5.41 Å². The number of hydrogen-bond acceptors (Lipinski definition) is 3. The molecule has 1 unspecified atom stereocenters. The molecule has 0 amide bonds. The fourth-order valence-corrected chi connectivity index (χ4v) is 2.98. The van der Waals surface area contributed by atoms with Gasteiger partial charge in [-0.05, 0) is 40.0 Å². The molecule has 1 saturated carbocycles. The summed E-state index contributed by atoms with van der Waals surface area (Å²) in [5.41, 5.74) is 0.0507. The first-order valence-electron chi connectivity index (χ1n) is 7.32. The standard InChI is InChI=1S/C15H31NO2/c1-13(10-14(2,3)18-4)16-11-15(12-17)8-6-5-7-9-15/h13,16-17H,5-12H2,1-4H3. The molecular formula is C15H31NO2. The Hall–Kier alpha value is -0.120. The van der Waals surface area contributed by atoms with Gasteiger partial charge in [0.05, 0.1) is 5.60 Å². The highest BCUT2D eigenvalue weighted by Gasteiger charge is 2.32. The summed E-state index contributed by atoms with van der Waals surface area (Å²) in [6.45, 7) is 7.70. The van der Waals surface area contributed by atoms with E-state index in [4.69, 9.17) is 4.74 Å². The summed E-state index contributed by atoms with van der Waals surface area (Å²) in [4.78, 5) is 0. The molecule has 0 spiro atoms. The summed E-state index contributed by atoms with van der Waals surface area (Å²) in [5, 5.41) is 13.3. The second-order valence-corrected chi connectivity index (χ2v) is 6.67. The molecule has 1 fully saturated rings. The van der Waals surface area contributed by atoms with Crippen LogP contribution in [0.4, 0.5) is 0 Å². The molecule has 18 heavy (non-hydrogen) atoms. The zero-order valence-corrected chi connectivity index (χ0v) is 12.6. The van der Waals surface area contributed by atoms with Crippen molar-refractivity contribution in [3.63, 3.8) is 0 Å². The topological polar surface area (TPSA) is 41.5 Å². The van der Waals surface area contributed by atoms with E-state index in [-0.39, 0.29) is 11.0 Å². The Kier molecular flexibility index (Phi) is 6.09. The lowest BCUT2D eigenvalue weighted by Crippen LogP contribution is -2.44. The van der Waals surface area contributed by atoms with Gasteiger partial charge in [-0.25, -0.2) is 0 Å². The third-order valence-corrected chi connectivity index (χ3v) is 4.43. The third kappa shape index (κ3) is 4.87. The highest BCUT2D eigenvalue weighted by atomic mass is 16.5. The zero-order valence-electron chi connectivity index (χ0n) is 12.6. The van der Waals surface area contributed by atoms with E-state index in [0.29, 0.717) is 12.6 Å². The Morgan fingerprint density at radius 2 is 1.89 bits per heavy atom. The van der Waals surface area contributed by atoms with Crippen LogP contribution in [-0.4, -0.2) is 37.0 Å². The first-order chi connectivity index (χ1) is 8.43. The molecule has 0 bridgehead atoms. The molecule has 0 saturated heterocycles. The Morgan fingerprint density at radius 1 is 1.28 bits per heavy atom. The summed E-state index contributed by atoms with van der Waals surface area (Å²) in [6, 6.07) is 0.422. The fourth-order valence-electron chi connectivity index (χ4n) is 2.98. The van der Waals surface area contributed by atoms with E-state index in [2.05, 4.69) is 26.1 Å². The maximum atomic E-state index is 9.67. The maximum Gasteiger partial charge on any atom is 0.0637 e. The van der Waals surface area contributed by atoms with Gasteiger partial charge in [0.15, 0.2) is 0 Å². The monoisotopic (exact) mass is 257 g/mol. The van der Waals surface area contributed by atoms with Crippen molar-refractivity contribution < 1.29 is 9.84 Å². The predicted molar refractivity (Wildman–Crippen MR) is 75.8 cm³/mol. The van der Waals surface area contributed by atoms with E-state index in [1.807, 2.05) is 0 Å². The lowest BCUT2D eigenvalue weighted by Gasteiger charge is -2.37. The van der Waals surface area contributed by atoms with Gasteiger partial charge in [-0.3, -0.25) is 0 Å². The molecule has 1 aliphatic rings. The summed E-state index contributed by atoms with van der Waals surface area (Å²) in [5.74, 6) is 0. The largest absolute Gasteiger partial charge is 0.396 e. The second-order valence-electron chi connectivity index (χ2n) is 6.67. The van der Waals surface area contributed by atoms with Gasteiger partial charge in [-0.1, -0.05) is 19.3 Å². The van der Waals surface area contributed by atoms with Gasteiger partial charge >= 0.3 is 0 Å². The van der Waals surface area contributed by atoms with Crippen molar-refractivity contribution in [3.8, 4) is 0 Å². The third-order valence-electron chi connectivity index (χ3n) is 4.43. The molecule has 0 aromatic heterocycles. The van der Waals surface area contributed by atoms with Gasteiger partial charge in [0.25, 0.3) is 0 Å². The van der Waals surface area contributed by atoms with Gasteiger partial charge in [0.2, 0.25) is 0 Å². The van der Waals surface area contributed by atoms with E-state index in [1.54, 1.807) is 7.11 Å². The molecule has 3 nitrogen and oxygen atoms in total. The van der Waals surface area contributed by atoms with Crippen LogP contribution in [0.1, 0.15) is 59.3 Å². The smallest absolute Gasteiger partial charge is 0.0637 e. The number of ether oxygens (including phenoxy) is 1. The molecule has 3 heteroatoms. The molecule has 0 radical (unpaired) electrons. The molecule has 1 aliphatic carbocycles. The Balaban J connectivity index is 2.38. The van der Waals surface area contributed by atoms with Gasteiger partial charge in [0, 0.05) is 31.7 Å².